The molecule has 2 rings (SSSR count). The molecule has 1 amide bonds. The summed E-state index contributed by atoms with van der Waals surface area (Å²) in [5.74, 6) is -2.75. The molecule has 1 aliphatic rings. The van der Waals surface area contributed by atoms with E-state index in [9.17, 15) is 23.6 Å². The number of aliphatic imine (C=N–C) groups is 1. The van der Waals surface area contributed by atoms with E-state index in [4.69, 9.17) is 11.5 Å². The standard InChI is InChI=1S/C30H45FN4O4/c1-19(2)23(17-25(36)20-10-12-22(13-11-20)30(3,4)5)28(39)35-15-7-9-24(35)26(37)16-21(27(38)18-31)8-6-14-34-29(32)33/h10-13,19,21,23-24H,6-9,14-18H2,1-5H3,(H4,32,33,34)/t21-,23+,24+/m1/s1. The van der Waals surface area contributed by atoms with Crippen molar-refractivity contribution in [1.29, 1.82) is 0 Å². The maximum Gasteiger partial charge on any atom is 0.227 e. The largest absolute Gasteiger partial charge is 0.370 e. The van der Waals surface area contributed by atoms with Crippen LogP contribution in [-0.2, 0) is 19.8 Å². The summed E-state index contributed by atoms with van der Waals surface area (Å²) in [7, 11) is 0. The van der Waals surface area contributed by atoms with Gasteiger partial charge < -0.3 is 16.4 Å². The summed E-state index contributed by atoms with van der Waals surface area (Å²) in [5, 5.41) is 0. The van der Waals surface area contributed by atoms with Crippen LogP contribution >= 0.6 is 0 Å². The number of likely N-dealkylation sites (tertiary alicyclic amines) is 1. The Morgan fingerprint density at radius 3 is 2.26 bits per heavy atom. The number of hydrogen-bond acceptors (Lipinski definition) is 5. The smallest absolute Gasteiger partial charge is 0.227 e. The van der Waals surface area contributed by atoms with Crippen LogP contribution in [0.5, 0.6) is 0 Å². The number of carbonyl (C=O) groups is 4. The molecule has 3 atom stereocenters. The average Bonchev–Trinajstić information content (AvgIpc) is 3.37. The number of Topliss-reactive ketones (excluding diaryl/α,β-unsaturated/α-hetero) is 3. The number of guanidine groups is 1. The highest BCUT2D eigenvalue weighted by atomic mass is 19.1. The van der Waals surface area contributed by atoms with Gasteiger partial charge in [0.2, 0.25) is 5.91 Å². The van der Waals surface area contributed by atoms with E-state index in [1.54, 1.807) is 4.90 Å². The van der Waals surface area contributed by atoms with Gasteiger partial charge in [-0.15, -0.1) is 0 Å². The number of benzene rings is 1. The highest BCUT2D eigenvalue weighted by molar-refractivity contribution is 5.99. The van der Waals surface area contributed by atoms with Gasteiger partial charge in [0.25, 0.3) is 0 Å². The van der Waals surface area contributed by atoms with Crippen LogP contribution in [0.25, 0.3) is 0 Å². The predicted octanol–water partition coefficient (Wildman–Crippen LogP) is 3.99. The molecule has 1 aromatic carbocycles. The first-order chi connectivity index (χ1) is 18.3. The average molecular weight is 545 g/mol. The summed E-state index contributed by atoms with van der Waals surface area (Å²) < 4.78 is 13.2. The lowest BCUT2D eigenvalue weighted by atomic mass is 9.84. The van der Waals surface area contributed by atoms with Crippen molar-refractivity contribution >= 4 is 29.2 Å². The van der Waals surface area contributed by atoms with E-state index in [2.05, 4.69) is 25.8 Å². The van der Waals surface area contributed by atoms with Gasteiger partial charge in [-0.05, 0) is 42.6 Å². The lowest BCUT2D eigenvalue weighted by molar-refractivity contribution is -0.142. The zero-order valence-corrected chi connectivity index (χ0v) is 24.0. The van der Waals surface area contributed by atoms with Gasteiger partial charge in [-0.3, -0.25) is 24.2 Å². The fourth-order valence-corrected chi connectivity index (χ4v) is 5.07. The van der Waals surface area contributed by atoms with Gasteiger partial charge in [-0.25, -0.2) is 4.39 Å². The van der Waals surface area contributed by atoms with Crippen molar-refractivity contribution in [2.24, 2.45) is 34.2 Å². The zero-order chi connectivity index (χ0) is 29.3. The Labute approximate surface area is 231 Å². The quantitative estimate of drug-likeness (QED) is 0.157. The topological polar surface area (TPSA) is 136 Å². The molecular formula is C30H45FN4O4. The van der Waals surface area contributed by atoms with Crippen LogP contribution in [0, 0.1) is 17.8 Å². The number of ketones is 3. The molecule has 0 aromatic heterocycles. The van der Waals surface area contributed by atoms with Crippen molar-refractivity contribution in [2.45, 2.75) is 84.6 Å². The maximum absolute atomic E-state index is 13.7. The second-order valence-corrected chi connectivity index (χ2v) is 11.9. The number of hydrogen-bond donors (Lipinski definition) is 2. The van der Waals surface area contributed by atoms with Crippen LogP contribution < -0.4 is 11.5 Å². The first kappa shape index (κ1) is 32.1. The van der Waals surface area contributed by atoms with E-state index in [-0.39, 0.29) is 60.6 Å². The van der Waals surface area contributed by atoms with Crippen molar-refractivity contribution in [2.75, 3.05) is 19.8 Å². The Balaban J connectivity index is 2.11. The molecule has 0 unspecified atom stereocenters. The van der Waals surface area contributed by atoms with Crippen molar-refractivity contribution < 1.29 is 23.6 Å². The van der Waals surface area contributed by atoms with E-state index >= 15 is 0 Å². The second-order valence-electron chi connectivity index (χ2n) is 11.9. The molecule has 1 heterocycles. The summed E-state index contributed by atoms with van der Waals surface area (Å²) >= 11 is 0. The van der Waals surface area contributed by atoms with Crippen molar-refractivity contribution in [3.8, 4) is 0 Å². The zero-order valence-electron chi connectivity index (χ0n) is 24.0. The van der Waals surface area contributed by atoms with Crippen molar-refractivity contribution in [3.63, 3.8) is 0 Å². The molecule has 216 valence electrons. The third-order valence-corrected chi connectivity index (χ3v) is 7.55. The molecule has 0 radical (unpaired) electrons. The van der Waals surface area contributed by atoms with E-state index in [1.807, 2.05) is 38.1 Å². The highest BCUT2D eigenvalue weighted by Crippen LogP contribution is 2.29. The lowest BCUT2D eigenvalue weighted by Crippen LogP contribution is -2.45. The minimum atomic E-state index is -1.15. The first-order valence-corrected chi connectivity index (χ1v) is 13.9. The Hall–Kier alpha value is -3.10. The molecule has 4 N–H and O–H groups in total. The molecule has 8 nitrogen and oxygen atoms in total. The summed E-state index contributed by atoms with van der Waals surface area (Å²) in [6.07, 6.45) is 1.77. The van der Waals surface area contributed by atoms with Crippen molar-refractivity contribution in [3.05, 3.63) is 35.4 Å². The van der Waals surface area contributed by atoms with Gasteiger partial charge in [-0.1, -0.05) is 58.9 Å². The van der Waals surface area contributed by atoms with Gasteiger partial charge in [0.15, 0.2) is 23.3 Å². The fourth-order valence-electron chi connectivity index (χ4n) is 5.07. The van der Waals surface area contributed by atoms with Crippen LogP contribution in [0.3, 0.4) is 0 Å². The van der Waals surface area contributed by atoms with Crippen LogP contribution in [0.1, 0.15) is 89.1 Å². The number of nitrogens with zero attached hydrogens (tertiary/aromatic N) is 2. The molecule has 39 heavy (non-hydrogen) atoms. The Kier molecular flexibility index (Phi) is 11.8. The molecule has 1 saturated heterocycles. The number of rotatable bonds is 14. The SMILES string of the molecule is CC(C)[C@H](CC(=O)c1ccc(C(C)(C)C)cc1)C(=O)N1CCC[C@H]1C(=O)C[C@@H](CCCN=C(N)N)C(=O)CF. The molecule has 1 aliphatic heterocycles. The molecule has 0 bridgehead atoms. The van der Waals surface area contributed by atoms with Gasteiger partial charge in [-0.2, -0.15) is 0 Å². The molecule has 1 aromatic rings. The van der Waals surface area contributed by atoms with E-state index in [1.165, 1.54) is 0 Å². The van der Waals surface area contributed by atoms with Gasteiger partial charge >= 0.3 is 0 Å². The lowest BCUT2D eigenvalue weighted by Gasteiger charge is -2.30. The Bertz CT molecular complexity index is 1040. The van der Waals surface area contributed by atoms with Gasteiger partial charge in [0.1, 0.15) is 6.67 Å². The van der Waals surface area contributed by atoms with Gasteiger partial charge in [0, 0.05) is 43.3 Å². The predicted molar refractivity (Wildman–Crippen MR) is 151 cm³/mol. The molecular weight excluding hydrogens is 499 g/mol. The number of amides is 1. The Morgan fingerprint density at radius 1 is 1.08 bits per heavy atom. The normalized spacial score (nSPS) is 17.1. The summed E-state index contributed by atoms with van der Waals surface area (Å²) in [5.41, 5.74) is 12.3. The molecule has 1 fully saturated rings. The number of carbonyl (C=O) groups excluding carboxylic acids is 4. The third-order valence-electron chi connectivity index (χ3n) is 7.55. The van der Waals surface area contributed by atoms with Crippen LogP contribution in [0.2, 0.25) is 0 Å². The summed E-state index contributed by atoms with van der Waals surface area (Å²) in [4.78, 5) is 57.7. The van der Waals surface area contributed by atoms with Crippen LogP contribution in [0.15, 0.2) is 29.3 Å². The first-order valence-electron chi connectivity index (χ1n) is 13.9. The molecule has 9 heteroatoms. The fraction of sp³-hybridized carbons (Fsp3) is 0.633. The number of nitrogens with two attached hydrogens (primary N) is 2. The van der Waals surface area contributed by atoms with Crippen molar-refractivity contribution in [1.82, 2.24) is 4.90 Å². The molecule has 0 aliphatic carbocycles. The minimum absolute atomic E-state index is 0.0322. The summed E-state index contributed by atoms with van der Waals surface area (Å²) in [6.45, 7) is 9.66. The summed E-state index contributed by atoms with van der Waals surface area (Å²) in [6, 6.07) is 6.83. The second kappa shape index (κ2) is 14.3. The minimum Gasteiger partial charge on any atom is -0.370 e. The molecule has 0 spiro atoms. The monoisotopic (exact) mass is 544 g/mol. The highest BCUT2D eigenvalue weighted by Gasteiger charge is 2.39. The third kappa shape index (κ3) is 9.25. The van der Waals surface area contributed by atoms with Gasteiger partial charge in [0.05, 0.1) is 6.04 Å². The van der Waals surface area contributed by atoms with Crippen LogP contribution in [-0.4, -0.2) is 59.9 Å². The number of halogens is 1. The Morgan fingerprint density at radius 2 is 1.72 bits per heavy atom. The number of alkyl halides is 1. The van der Waals surface area contributed by atoms with E-state index in [0.717, 1.165) is 5.56 Å². The van der Waals surface area contributed by atoms with Crippen LogP contribution in [0.4, 0.5) is 4.39 Å². The van der Waals surface area contributed by atoms with E-state index < -0.39 is 30.3 Å². The maximum atomic E-state index is 13.7. The molecule has 0 saturated carbocycles. The van der Waals surface area contributed by atoms with E-state index in [0.29, 0.717) is 31.4 Å².